The second-order valence-electron chi connectivity index (χ2n) is 7.60. The van der Waals surface area contributed by atoms with Crippen LogP contribution in [-0.2, 0) is 22.6 Å². The fourth-order valence-electron chi connectivity index (χ4n) is 3.84. The second kappa shape index (κ2) is 9.80. The zero-order valence-electron chi connectivity index (χ0n) is 18.3. The summed E-state index contributed by atoms with van der Waals surface area (Å²) < 4.78 is 12.2. The van der Waals surface area contributed by atoms with Gasteiger partial charge in [-0.25, -0.2) is 4.79 Å². The zero-order chi connectivity index (χ0) is 21.7. The van der Waals surface area contributed by atoms with Crippen molar-refractivity contribution in [1.29, 1.82) is 0 Å². The van der Waals surface area contributed by atoms with Crippen LogP contribution in [0, 0.1) is 13.8 Å². The van der Waals surface area contributed by atoms with Gasteiger partial charge in [-0.2, -0.15) is 0 Å². The van der Waals surface area contributed by atoms with Gasteiger partial charge in [-0.3, -0.25) is 9.69 Å². The number of ether oxygens (including phenoxy) is 2. The summed E-state index contributed by atoms with van der Waals surface area (Å²) in [6, 6.07) is 9.90. The molecule has 1 aromatic carbocycles. The Morgan fingerprint density at radius 3 is 2.30 bits per heavy atom. The number of amides is 1. The molecule has 162 valence electrons. The van der Waals surface area contributed by atoms with E-state index in [-0.39, 0.29) is 18.4 Å². The molecule has 0 unspecified atom stereocenters. The van der Waals surface area contributed by atoms with Crippen molar-refractivity contribution >= 4 is 11.9 Å². The van der Waals surface area contributed by atoms with Gasteiger partial charge in [0.2, 0.25) is 5.91 Å². The lowest BCUT2D eigenvalue weighted by Gasteiger charge is -2.35. The van der Waals surface area contributed by atoms with Gasteiger partial charge in [-0.1, -0.05) is 12.1 Å². The third-order valence-electron chi connectivity index (χ3n) is 5.65. The predicted molar refractivity (Wildman–Crippen MR) is 115 cm³/mol. The number of carbonyl (C=O) groups is 2. The molecule has 1 fully saturated rings. The van der Waals surface area contributed by atoms with Gasteiger partial charge in [-0.15, -0.1) is 0 Å². The smallest absolute Gasteiger partial charge is 0.339 e. The number of nitrogens with zero attached hydrogens (tertiary/aromatic N) is 3. The van der Waals surface area contributed by atoms with Crippen molar-refractivity contribution in [1.82, 2.24) is 14.4 Å². The number of piperazine rings is 1. The summed E-state index contributed by atoms with van der Waals surface area (Å²) in [5, 5.41) is 0. The molecule has 0 bridgehead atoms. The lowest BCUT2D eigenvalue weighted by atomic mass is 10.2. The second-order valence-corrected chi connectivity index (χ2v) is 7.60. The number of aromatic nitrogens is 1. The summed E-state index contributed by atoms with van der Waals surface area (Å²) >= 11 is 0. The molecule has 0 saturated carbocycles. The van der Waals surface area contributed by atoms with E-state index >= 15 is 0 Å². The minimum atomic E-state index is -0.337. The molecule has 3 rings (SSSR count). The molecule has 0 radical (unpaired) electrons. The van der Waals surface area contributed by atoms with Crippen LogP contribution >= 0.6 is 0 Å². The van der Waals surface area contributed by atoms with E-state index in [9.17, 15) is 9.59 Å². The van der Waals surface area contributed by atoms with E-state index in [2.05, 4.69) is 17.0 Å². The summed E-state index contributed by atoms with van der Waals surface area (Å²) in [7, 11) is 1.67. The standard InChI is InChI=1S/C23H31N3O4/c1-5-30-23(28)21-14-17(2)26(18(21)3)16-22(27)25-12-10-24(11-13-25)15-19-6-8-20(29-4)9-7-19/h6-9,14H,5,10-13,15-16H2,1-4H3. The normalized spacial score (nSPS) is 14.6. The highest BCUT2D eigenvalue weighted by atomic mass is 16.5. The van der Waals surface area contributed by atoms with E-state index in [1.807, 2.05) is 35.4 Å². The molecular weight excluding hydrogens is 382 g/mol. The molecule has 1 aliphatic heterocycles. The highest BCUT2D eigenvalue weighted by Crippen LogP contribution is 2.18. The molecule has 1 saturated heterocycles. The minimum absolute atomic E-state index is 0.0799. The van der Waals surface area contributed by atoms with Gasteiger partial charge in [0, 0.05) is 44.1 Å². The minimum Gasteiger partial charge on any atom is -0.497 e. The first-order valence-electron chi connectivity index (χ1n) is 10.4. The topological polar surface area (TPSA) is 64.0 Å². The van der Waals surface area contributed by atoms with Crippen molar-refractivity contribution in [3.05, 3.63) is 52.8 Å². The Balaban J connectivity index is 1.55. The monoisotopic (exact) mass is 413 g/mol. The van der Waals surface area contributed by atoms with E-state index < -0.39 is 0 Å². The SMILES string of the molecule is CCOC(=O)c1cc(C)n(CC(=O)N2CCN(Cc3ccc(OC)cc3)CC2)c1C. The van der Waals surface area contributed by atoms with Gasteiger partial charge in [0.15, 0.2) is 0 Å². The molecule has 0 N–H and O–H groups in total. The Kier molecular flexibility index (Phi) is 7.15. The number of methoxy groups -OCH3 is 1. The summed E-state index contributed by atoms with van der Waals surface area (Å²) in [6.07, 6.45) is 0. The molecular formula is C23H31N3O4. The molecule has 2 heterocycles. The zero-order valence-corrected chi connectivity index (χ0v) is 18.3. The van der Waals surface area contributed by atoms with Gasteiger partial charge in [-0.05, 0) is 44.5 Å². The number of hydrogen-bond donors (Lipinski definition) is 0. The average Bonchev–Trinajstić information content (AvgIpc) is 3.03. The van der Waals surface area contributed by atoms with E-state index in [0.29, 0.717) is 25.3 Å². The maximum Gasteiger partial charge on any atom is 0.339 e. The van der Waals surface area contributed by atoms with Crippen LogP contribution in [0.1, 0.15) is 34.2 Å². The fourth-order valence-corrected chi connectivity index (χ4v) is 3.84. The van der Waals surface area contributed by atoms with E-state index in [0.717, 1.165) is 36.8 Å². The van der Waals surface area contributed by atoms with Gasteiger partial charge < -0.3 is 18.9 Å². The molecule has 30 heavy (non-hydrogen) atoms. The molecule has 1 aromatic heterocycles. The molecule has 2 aromatic rings. The molecule has 7 heteroatoms. The summed E-state index contributed by atoms with van der Waals surface area (Å²) in [4.78, 5) is 29.2. The third-order valence-corrected chi connectivity index (χ3v) is 5.65. The first kappa shape index (κ1) is 21.9. The lowest BCUT2D eigenvalue weighted by Crippen LogP contribution is -2.49. The highest BCUT2D eigenvalue weighted by Gasteiger charge is 2.23. The Morgan fingerprint density at radius 1 is 1.03 bits per heavy atom. The van der Waals surface area contributed by atoms with E-state index in [1.54, 1.807) is 20.1 Å². The first-order chi connectivity index (χ1) is 14.4. The fraction of sp³-hybridized carbons (Fsp3) is 0.478. The van der Waals surface area contributed by atoms with Crippen molar-refractivity contribution in [2.24, 2.45) is 0 Å². The third kappa shape index (κ3) is 5.02. The number of benzene rings is 1. The van der Waals surface area contributed by atoms with Crippen LogP contribution in [0.4, 0.5) is 0 Å². The molecule has 0 aliphatic carbocycles. The van der Waals surface area contributed by atoms with Crippen molar-refractivity contribution < 1.29 is 19.1 Å². The Labute approximate surface area is 178 Å². The van der Waals surface area contributed by atoms with Crippen LogP contribution in [0.3, 0.4) is 0 Å². The van der Waals surface area contributed by atoms with E-state index in [1.165, 1.54) is 5.56 Å². The van der Waals surface area contributed by atoms with Crippen molar-refractivity contribution in [3.8, 4) is 5.75 Å². The molecule has 0 atom stereocenters. The molecule has 1 amide bonds. The van der Waals surface area contributed by atoms with Crippen LogP contribution in [0.2, 0.25) is 0 Å². The van der Waals surface area contributed by atoms with Gasteiger partial charge in [0.1, 0.15) is 12.3 Å². The van der Waals surface area contributed by atoms with Gasteiger partial charge >= 0.3 is 5.97 Å². The Morgan fingerprint density at radius 2 is 1.70 bits per heavy atom. The summed E-state index contributed by atoms with van der Waals surface area (Å²) in [5.41, 5.74) is 3.44. The highest BCUT2D eigenvalue weighted by molar-refractivity contribution is 5.91. The van der Waals surface area contributed by atoms with Crippen molar-refractivity contribution in [3.63, 3.8) is 0 Å². The number of hydrogen-bond acceptors (Lipinski definition) is 5. The molecule has 7 nitrogen and oxygen atoms in total. The van der Waals surface area contributed by atoms with Crippen LogP contribution in [0.25, 0.3) is 0 Å². The Bertz CT molecular complexity index is 881. The largest absolute Gasteiger partial charge is 0.497 e. The van der Waals surface area contributed by atoms with Crippen molar-refractivity contribution in [2.75, 3.05) is 39.9 Å². The summed E-state index contributed by atoms with van der Waals surface area (Å²) in [6.45, 7) is 10.1. The first-order valence-corrected chi connectivity index (χ1v) is 10.4. The number of esters is 1. The van der Waals surface area contributed by atoms with Gasteiger partial charge in [0.05, 0.1) is 19.3 Å². The maximum absolute atomic E-state index is 12.9. The van der Waals surface area contributed by atoms with Crippen molar-refractivity contribution in [2.45, 2.75) is 33.9 Å². The van der Waals surface area contributed by atoms with Gasteiger partial charge in [0.25, 0.3) is 0 Å². The predicted octanol–water partition coefficient (Wildman–Crippen LogP) is 2.63. The van der Waals surface area contributed by atoms with Crippen LogP contribution < -0.4 is 4.74 Å². The average molecular weight is 414 g/mol. The number of rotatable bonds is 7. The van der Waals surface area contributed by atoms with Crippen LogP contribution in [0.5, 0.6) is 5.75 Å². The van der Waals surface area contributed by atoms with Crippen LogP contribution in [-0.4, -0.2) is 66.1 Å². The summed E-state index contributed by atoms with van der Waals surface area (Å²) in [5.74, 6) is 0.601. The lowest BCUT2D eigenvalue weighted by molar-refractivity contribution is -0.133. The maximum atomic E-state index is 12.9. The molecule has 0 spiro atoms. The quantitative estimate of drug-likeness (QED) is 0.653. The number of aryl methyl sites for hydroxylation is 1. The van der Waals surface area contributed by atoms with Crippen LogP contribution in [0.15, 0.2) is 30.3 Å². The number of carbonyl (C=O) groups excluding carboxylic acids is 2. The Hall–Kier alpha value is -2.80. The molecule has 1 aliphatic rings. The van der Waals surface area contributed by atoms with E-state index in [4.69, 9.17) is 9.47 Å².